The number of aliphatic carboxylic acids is 1. The maximum Gasteiger partial charge on any atom is 0.344 e. The highest BCUT2D eigenvalue weighted by atomic mass is 32.2. The first-order valence-corrected chi connectivity index (χ1v) is 8.11. The van der Waals surface area contributed by atoms with Gasteiger partial charge in [0, 0.05) is 5.56 Å². The number of nitriles is 1. The van der Waals surface area contributed by atoms with Gasteiger partial charge in [-0.15, -0.1) is 0 Å². The van der Waals surface area contributed by atoms with E-state index in [0.717, 1.165) is 18.4 Å². The fourth-order valence-electron chi connectivity index (χ4n) is 1.87. The van der Waals surface area contributed by atoms with Crippen LogP contribution in [0.4, 0.5) is 4.39 Å². The standard InChI is InChI=1S/C13H12FN3O5S/c1-23(20,21)16-7-13(12(18)19)5-11(17-22-13)8-2-3-10(14)9(4-8)6-15/h2-5,16-17H,7H2,1H3,(H,18,19). The molecule has 10 heteroatoms. The molecule has 1 heterocycles. The molecule has 0 spiro atoms. The van der Waals surface area contributed by atoms with Gasteiger partial charge in [0.1, 0.15) is 11.9 Å². The lowest BCUT2D eigenvalue weighted by Gasteiger charge is -2.20. The molecule has 0 aliphatic carbocycles. The van der Waals surface area contributed by atoms with Crippen molar-refractivity contribution in [1.82, 2.24) is 10.2 Å². The summed E-state index contributed by atoms with van der Waals surface area (Å²) >= 11 is 0. The molecule has 1 aliphatic heterocycles. The van der Waals surface area contributed by atoms with E-state index in [-0.39, 0.29) is 11.3 Å². The molecule has 0 radical (unpaired) electrons. The van der Waals surface area contributed by atoms with Gasteiger partial charge in [-0.1, -0.05) is 0 Å². The Hall–Kier alpha value is -2.48. The van der Waals surface area contributed by atoms with Crippen LogP contribution in [0.2, 0.25) is 0 Å². The van der Waals surface area contributed by atoms with E-state index in [1.165, 1.54) is 12.1 Å². The van der Waals surface area contributed by atoms with E-state index in [1.54, 1.807) is 6.07 Å². The number of halogens is 1. The van der Waals surface area contributed by atoms with Crippen LogP contribution in [-0.2, 0) is 19.7 Å². The summed E-state index contributed by atoms with van der Waals surface area (Å²) in [6.07, 6.45) is 2.04. The summed E-state index contributed by atoms with van der Waals surface area (Å²) in [5.41, 5.74) is 0.696. The fourth-order valence-corrected chi connectivity index (χ4v) is 2.34. The van der Waals surface area contributed by atoms with Crippen molar-refractivity contribution in [2.75, 3.05) is 12.8 Å². The first kappa shape index (κ1) is 16.9. The first-order chi connectivity index (χ1) is 10.7. The van der Waals surface area contributed by atoms with Gasteiger partial charge in [0.05, 0.1) is 24.1 Å². The van der Waals surface area contributed by atoms with E-state index in [9.17, 15) is 22.7 Å². The second-order valence-corrected chi connectivity index (χ2v) is 6.69. The van der Waals surface area contributed by atoms with Gasteiger partial charge >= 0.3 is 5.97 Å². The number of rotatable bonds is 5. The molecule has 0 amide bonds. The van der Waals surface area contributed by atoms with E-state index in [2.05, 4.69) is 10.2 Å². The van der Waals surface area contributed by atoms with Gasteiger partial charge in [0.2, 0.25) is 15.6 Å². The van der Waals surface area contributed by atoms with Crippen LogP contribution in [-0.4, -0.2) is 37.9 Å². The normalized spacial score (nSPS) is 20.5. The average molecular weight is 341 g/mol. The van der Waals surface area contributed by atoms with Crippen molar-refractivity contribution >= 4 is 21.7 Å². The zero-order valence-corrected chi connectivity index (χ0v) is 12.6. The van der Waals surface area contributed by atoms with Crippen molar-refractivity contribution in [2.45, 2.75) is 5.60 Å². The van der Waals surface area contributed by atoms with Crippen molar-refractivity contribution in [3.8, 4) is 6.07 Å². The van der Waals surface area contributed by atoms with E-state index >= 15 is 0 Å². The molecule has 0 saturated carbocycles. The zero-order valence-electron chi connectivity index (χ0n) is 11.8. The molecule has 23 heavy (non-hydrogen) atoms. The number of nitrogens with zero attached hydrogens (tertiary/aromatic N) is 1. The van der Waals surface area contributed by atoms with Crippen LogP contribution >= 0.6 is 0 Å². The van der Waals surface area contributed by atoms with Crippen molar-refractivity contribution in [3.63, 3.8) is 0 Å². The van der Waals surface area contributed by atoms with Crippen LogP contribution in [0.1, 0.15) is 11.1 Å². The summed E-state index contributed by atoms with van der Waals surface area (Å²) < 4.78 is 37.7. The average Bonchev–Trinajstić information content (AvgIpc) is 2.91. The molecule has 0 bridgehead atoms. The minimum Gasteiger partial charge on any atom is -0.479 e. The quantitative estimate of drug-likeness (QED) is 0.684. The summed E-state index contributed by atoms with van der Waals surface area (Å²) in [5.74, 6) is -2.13. The number of hydroxylamine groups is 1. The van der Waals surface area contributed by atoms with E-state index in [4.69, 9.17) is 10.1 Å². The summed E-state index contributed by atoms with van der Waals surface area (Å²) in [7, 11) is -3.62. The molecule has 0 saturated heterocycles. The Morgan fingerprint density at radius 2 is 2.26 bits per heavy atom. The molecule has 2 rings (SSSR count). The third-order valence-corrected chi connectivity index (χ3v) is 3.75. The summed E-state index contributed by atoms with van der Waals surface area (Å²) in [4.78, 5) is 16.5. The van der Waals surface area contributed by atoms with Gasteiger partial charge in [-0.25, -0.2) is 22.3 Å². The third-order valence-electron chi connectivity index (χ3n) is 3.08. The number of carboxylic acid groups (broad SMARTS) is 1. The van der Waals surface area contributed by atoms with Crippen LogP contribution < -0.4 is 10.2 Å². The summed E-state index contributed by atoms with van der Waals surface area (Å²) in [5, 5.41) is 18.1. The second kappa shape index (κ2) is 5.96. The van der Waals surface area contributed by atoms with Gasteiger partial charge in [0.25, 0.3) is 0 Å². The molecule has 0 fully saturated rings. The summed E-state index contributed by atoms with van der Waals surface area (Å²) in [6.45, 7) is -0.538. The Kier molecular flexibility index (Phi) is 4.37. The van der Waals surface area contributed by atoms with Crippen LogP contribution in [0.15, 0.2) is 24.3 Å². The fraction of sp³-hybridized carbons (Fsp3) is 0.231. The number of hydrogen-bond acceptors (Lipinski definition) is 6. The number of nitrogens with one attached hydrogen (secondary N) is 2. The van der Waals surface area contributed by atoms with Gasteiger partial charge in [-0.2, -0.15) is 5.26 Å². The Balaban J connectivity index is 2.37. The molecule has 1 aromatic rings. The van der Waals surface area contributed by atoms with Crippen molar-refractivity contribution in [1.29, 1.82) is 5.26 Å². The molecule has 1 aliphatic rings. The smallest absolute Gasteiger partial charge is 0.344 e. The lowest BCUT2D eigenvalue weighted by Crippen LogP contribution is -2.48. The molecule has 8 nitrogen and oxygen atoms in total. The largest absolute Gasteiger partial charge is 0.479 e. The number of hydrogen-bond donors (Lipinski definition) is 3. The predicted molar refractivity (Wildman–Crippen MR) is 76.5 cm³/mol. The zero-order chi connectivity index (χ0) is 17.3. The molecule has 3 N–H and O–H groups in total. The first-order valence-electron chi connectivity index (χ1n) is 6.22. The SMILES string of the molecule is CS(=O)(=O)NCC1(C(=O)O)C=C(c2ccc(F)c(C#N)c2)NO1. The molecular weight excluding hydrogens is 329 g/mol. The van der Waals surface area contributed by atoms with Crippen LogP contribution in [0.3, 0.4) is 0 Å². The van der Waals surface area contributed by atoms with Gasteiger partial charge in [0.15, 0.2) is 0 Å². The molecule has 1 atom stereocenters. The lowest BCUT2D eigenvalue weighted by molar-refractivity contribution is -0.160. The van der Waals surface area contributed by atoms with Gasteiger partial charge in [-0.3, -0.25) is 10.3 Å². The Bertz CT molecular complexity index is 831. The third kappa shape index (κ3) is 3.65. The topological polar surface area (TPSA) is 129 Å². The number of carboxylic acids is 1. The van der Waals surface area contributed by atoms with Gasteiger partial charge < -0.3 is 5.11 Å². The van der Waals surface area contributed by atoms with Gasteiger partial charge in [-0.05, 0) is 24.3 Å². The van der Waals surface area contributed by atoms with E-state index in [0.29, 0.717) is 5.56 Å². The highest BCUT2D eigenvalue weighted by molar-refractivity contribution is 7.88. The monoisotopic (exact) mass is 341 g/mol. The lowest BCUT2D eigenvalue weighted by atomic mass is 10.0. The van der Waals surface area contributed by atoms with E-state index < -0.39 is 34.0 Å². The molecule has 0 aromatic heterocycles. The Labute approximate surface area is 131 Å². The number of sulfonamides is 1. The van der Waals surface area contributed by atoms with Crippen molar-refractivity contribution in [2.24, 2.45) is 0 Å². The van der Waals surface area contributed by atoms with Crippen molar-refractivity contribution < 1.29 is 27.5 Å². The minimum atomic E-state index is -3.62. The maximum absolute atomic E-state index is 13.3. The Morgan fingerprint density at radius 1 is 1.57 bits per heavy atom. The van der Waals surface area contributed by atoms with E-state index in [1.807, 2.05) is 0 Å². The molecular formula is C13H12FN3O5S. The Morgan fingerprint density at radius 3 is 2.83 bits per heavy atom. The minimum absolute atomic E-state index is 0.180. The van der Waals surface area contributed by atoms with Crippen LogP contribution in [0, 0.1) is 17.1 Å². The molecule has 1 aromatic carbocycles. The highest BCUT2D eigenvalue weighted by Gasteiger charge is 2.44. The van der Waals surface area contributed by atoms with Crippen LogP contribution in [0.5, 0.6) is 0 Å². The van der Waals surface area contributed by atoms with Crippen LogP contribution in [0.25, 0.3) is 5.70 Å². The maximum atomic E-state index is 13.3. The molecule has 122 valence electrons. The second-order valence-electron chi connectivity index (χ2n) is 4.86. The van der Waals surface area contributed by atoms with Crippen molar-refractivity contribution in [3.05, 3.63) is 41.2 Å². The molecule has 1 unspecified atom stereocenters. The number of benzene rings is 1. The predicted octanol–water partition coefficient (Wildman–Crippen LogP) is -0.0543. The highest BCUT2D eigenvalue weighted by Crippen LogP contribution is 2.27. The summed E-state index contributed by atoms with van der Waals surface area (Å²) in [6, 6.07) is 5.29. The number of carbonyl (C=O) groups is 1.